The van der Waals surface area contributed by atoms with Crippen LogP contribution in [-0.4, -0.2) is 56.3 Å². The summed E-state index contributed by atoms with van der Waals surface area (Å²) in [5.41, 5.74) is 1.65. The van der Waals surface area contributed by atoms with Crippen LogP contribution >= 0.6 is 0 Å². The van der Waals surface area contributed by atoms with Gasteiger partial charge in [0.05, 0.1) is 14.2 Å². The van der Waals surface area contributed by atoms with Crippen molar-refractivity contribution in [2.24, 2.45) is 0 Å². The van der Waals surface area contributed by atoms with Gasteiger partial charge in [0.2, 0.25) is 0 Å². The van der Waals surface area contributed by atoms with Crippen LogP contribution in [0, 0.1) is 0 Å². The summed E-state index contributed by atoms with van der Waals surface area (Å²) in [5, 5.41) is 9.34. The van der Waals surface area contributed by atoms with Gasteiger partial charge in [0.15, 0.2) is 11.5 Å². The molecule has 3 rings (SSSR count). The second kappa shape index (κ2) is 7.34. The Morgan fingerprint density at radius 3 is 2.16 bits per heavy atom. The zero-order chi connectivity index (χ0) is 17.8. The third-order valence-corrected chi connectivity index (χ3v) is 4.41. The van der Waals surface area contributed by atoms with Crippen LogP contribution in [0.15, 0.2) is 42.5 Å². The van der Waals surface area contributed by atoms with E-state index in [0.29, 0.717) is 30.2 Å². The molecule has 0 bridgehead atoms. The fourth-order valence-electron chi connectivity index (χ4n) is 2.98. The molecule has 0 spiro atoms. The Labute approximate surface area is 147 Å². The molecule has 1 aliphatic heterocycles. The molecular formula is C19H22N2O4. The number of carbonyl (C=O) groups is 1. The maximum Gasteiger partial charge on any atom is 0.253 e. The highest BCUT2D eigenvalue weighted by atomic mass is 16.5. The van der Waals surface area contributed by atoms with Gasteiger partial charge < -0.3 is 24.4 Å². The lowest BCUT2D eigenvalue weighted by Gasteiger charge is -2.36. The molecule has 0 atom stereocenters. The minimum Gasteiger partial charge on any atom is -0.508 e. The van der Waals surface area contributed by atoms with Crippen LogP contribution in [0.1, 0.15) is 10.4 Å². The molecule has 25 heavy (non-hydrogen) atoms. The molecule has 6 heteroatoms. The Morgan fingerprint density at radius 2 is 1.56 bits per heavy atom. The second-order valence-electron chi connectivity index (χ2n) is 5.87. The van der Waals surface area contributed by atoms with E-state index < -0.39 is 0 Å². The van der Waals surface area contributed by atoms with E-state index in [-0.39, 0.29) is 11.7 Å². The van der Waals surface area contributed by atoms with Crippen molar-refractivity contribution < 1.29 is 19.4 Å². The minimum absolute atomic E-state index is 0.00744. The maximum atomic E-state index is 12.5. The van der Waals surface area contributed by atoms with Gasteiger partial charge in [0.25, 0.3) is 5.91 Å². The van der Waals surface area contributed by atoms with Crippen LogP contribution in [0.2, 0.25) is 0 Å². The van der Waals surface area contributed by atoms with Crippen LogP contribution in [-0.2, 0) is 0 Å². The smallest absolute Gasteiger partial charge is 0.253 e. The number of amides is 1. The van der Waals surface area contributed by atoms with Gasteiger partial charge in [0.1, 0.15) is 5.75 Å². The highest BCUT2D eigenvalue weighted by molar-refractivity contribution is 5.94. The lowest BCUT2D eigenvalue weighted by molar-refractivity contribution is 0.0747. The van der Waals surface area contributed by atoms with Crippen LogP contribution in [0.25, 0.3) is 0 Å². The number of anilines is 1. The molecule has 2 aromatic carbocycles. The van der Waals surface area contributed by atoms with Crippen molar-refractivity contribution in [3.8, 4) is 17.2 Å². The first-order chi connectivity index (χ1) is 12.1. The fraction of sp³-hybridized carbons (Fsp3) is 0.316. The third kappa shape index (κ3) is 3.63. The number of piperazine rings is 1. The summed E-state index contributed by atoms with van der Waals surface area (Å²) in [6, 6.07) is 12.2. The quantitative estimate of drug-likeness (QED) is 0.924. The van der Waals surface area contributed by atoms with Crippen molar-refractivity contribution in [2.75, 3.05) is 45.3 Å². The molecule has 1 amide bonds. The number of hydrogen-bond donors (Lipinski definition) is 1. The number of aromatic hydroxyl groups is 1. The number of benzene rings is 2. The molecule has 1 N–H and O–H groups in total. The molecule has 1 saturated heterocycles. The number of methoxy groups -OCH3 is 2. The van der Waals surface area contributed by atoms with Gasteiger partial charge in [-0.3, -0.25) is 4.79 Å². The van der Waals surface area contributed by atoms with Crippen molar-refractivity contribution in [3.63, 3.8) is 0 Å². The number of rotatable bonds is 4. The van der Waals surface area contributed by atoms with Crippen molar-refractivity contribution >= 4 is 11.6 Å². The van der Waals surface area contributed by atoms with Crippen LogP contribution < -0.4 is 14.4 Å². The summed E-state index contributed by atoms with van der Waals surface area (Å²) in [4.78, 5) is 16.6. The molecule has 1 aliphatic rings. The average Bonchev–Trinajstić information content (AvgIpc) is 2.67. The zero-order valence-electron chi connectivity index (χ0n) is 14.4. The first-order valence-electron chi connectivity index (χ1n) is 8.17. The number of nitrogens with zero attached hydrogens (tertiary/aromatic N) is 2. The Morgan fingerprint density at radius 1 is 0.920 bits per heavy atom. The molecule has 0 aromatic heterocycles. The fourth-order valence-corrected chi connectivity index (χ4v) is 2.98. The summed E-state index contributed by atoms with van der Waals surface area (Å²) in [6.45, 7) is 2.79. The number of phenols is 1. The molecular weight excluding hydrogens is 320 g/mol. The molecule has 1 fully saturated rings. The first kappa shape index (κ1) is 17.0. The summed E-state index contributed by atoms with van der Waals surface area (Å²) in [7, 11) is 3.24. The standard InChI is InChI=1S/C19H22N2O4/c1-24-17-8-5-15(13-18(17)25-2)20-9-11-21(12-10-20)19(23)14-3-6-16(22)7-4-14/h3-8,13,22H,9-12H2,1-2H3. The molecule has 132 valence electrons. The Bertz CT molecular complexity index is 738. The van der Waals surface area contributed by atoms with Crippen LogP contribution in [0.3, 0.4) is 0 Å². The predicted octanol–water partition coefficient (Wildman–Crippen LogP) is 2.37. The highest BCUT2D eigenvalue weighted by Gasteiger charge is 2.23. The monoisotopic (exact) mass is 342 g/mol. The SMILES string of the molecule is COc1ccc(N2CCN(C(=O)c3ccc(O)cc3)CC2)cc1OC. The van der Waals surface area contributed by atoms with Crippen LogP contribution in [0.4, 0.5) is 5.69 Å². The number of ether oxygens (including phenoxy) is 2. The highest BCUT2D eigenvalue weighted by Crippen LogP contribution is 2.31. The Hall–Kier alpha value is -2.89. The van der Waals surface area contributed by atoms with Gasteiger partial charge in [0, 0.05) is 43.5 Å². The van der Waals surface area contributed by atoms with E-state index >= 15 is 0 Å². The zero-order valence-corrected chi connectivity index (χ0v) is 14.4. The Kier molecular flexibility index (Phi) is 4.97. The second-order valence-corrected chi connectivity index (χ2v) is 5.87. The van der Waals surface area contributed by atoms with E-state index in [1.165, 1.54) is 12.1 Å². The number of carbonyl (C=O) groups excluding carboxylic acids is 1. The van der Waals surface area contributed by atoms with E-state index in [0.717, 1.165) is 18.8 Å². The molecule has 0 aliphatic carbocycles. The average molecular weight is 342 g/mol. The molecule has 0 radical (unpaired) electrons. The lowest BCUT2D eigenvalue weighted by Crippen LogP contribution is -2.48. The molecule has 2 aromatic rings. The normalized spacial score (nSPS) is 14.3. The van der Waals surface area contributed by atoms with Gasteiger partial charge in [-0.25, -0.2) is 0 Å². The van der Waals surface area contributed by atoms with Gasteiger partial charge in [-0.2, -0.15) is 0 Å². The van der Waals surface area contributed by atoms with E-state index in [1.54, 1.807) is 26.4 Å². The number of hydrogen-bond acceptors (Lipinski definition) is 5. The summed E-state index contributed by atoms with van der Waals surface area (Å²) >= 11 is 0. The van der Waals surface area contributed by atoms with Crippen molar-refractivity contribution in [1.29, 1.82) is 0 Å². The van der Waals surface area contributed by atoms with E-state index in [1.807, 2.05) is 23.1 Å². The molecule has 6 nitrogen and oxygen atoms in total. The van der Waals surface area contributed by atoms with Crippen molar-refractivity contribution in [3.05, 3.63) is 48.0 Å². The van der Waals surface area contributed by atoms with Gasteiger partial charge in [-0.1, -0.05) is 0 Å². The van der Waals surface area contributed by atoms with E-state index in [9.17, 15) is 9.90 Å². The lowest BCUT2D eigenvalue weighted by atomic mass is 10.1. The van der Waals surface area contributed by atoms with Gasteiger partial charge >= 0.3 is 0 Å². The van der Waals surface area contributed by atoms with Gasteiger partial charge in [-0.05, 0) is 36.4 Å². The topological polar surface area (TPSA) is 62.2 Å². The Balaban J connectivity index is 1.65. The molecule has 1 heterocycles. The van der Waals surface area contributed by atoms with E-state index in [2.05, 4.69) is 4.90 Å². The van der Waals surface area contributed by atoms with Gasteiger partial charge in [-0.15, -0.1) is 0 Å². The van der Waals surface area contributed by atoms with E-state index in [4.69, 9.17) is 9.47 Å². The van der Waals surface area contributed by atoms with Crippen molar-refractivity contribution in [2.45, 2.75) is 0 Å². The largest absolute Gasteiger partial charge is 0.508 e. The predicted molar refractivity (Wildman–Crippen MR) is 95.8 cm³/mol. The maximum absolute atomic E-state index is 12.5. The van der Waals surface area contributed by atoms with Crippen LogP contribution in [0.5, 0.6) is 17.2 Å². The van der Waals surface area contributed by atoms with Crippen molar-refractivity contribution in [1.82, 2.24) is 4.90 Å². The first-order valence-corrected chi connectivity index (χ1v) is 8.17. The summed E-state index contributed by atoms with van der Waals surface area (Å²) in [6.07, 6.45) is 0. The summed E-state index contributed by atoms with van der Waals surface area (Å²) < 4.78 is 10.6. The minimum atomic E-state index is -0.00744. The third-order valence-electron chi connectivity index (χ3n) is 4.41. The summed E-state index contributed by atoms with van der Waals surface area (Å²) in [5.74, 6) is 1.55. The molecule has 0 unspecified atom stereocenters. The number of phenolic OH excluding ortho intramolecular Hbond substituents is 1. The molecule has 0 saturated carbocycles.